The summed E-state index contributed by atoms with van der Waals surface area (Å²) in [5, 5.41) is 0.651. The average Bonchev–Trinajstić information content (AvgIpc) is 2.92. The largest absolute Gasteiger partial charge is 0.492 e. The van der Waals surface area contributed by atoms with Gasteiger partial charge < -0.3 is 9.57 Å². The lowest BCUT2D eigenvalue weighted by molar-refractivity contribution is 0.117. The van der Waals surface area contributed by atoms with E-state index >= 15 is 0 Å². The normalized spacial score (nSPS) is 11.1. The van der Waals surface area contributed by atoms with Crippen LogP contribution in [0.4, 0.5) is 0 Å². The molecule has 0 spiro atoms. The highest BCUT2D eigenvalue weighted by molar-refractivity contribution is 6.32. The van der Waals surface area contributed by atoms with Crippen molar-refractivity contribution in [2.45, 2.75) is 40.0 Å². The van der Waals surface area contributed by atoms with Crippen molar-refractivity contribution in [3.05, 3.63) is 58.4 Å². The second-order valence-corrected chi connectivity index (χ2v) is 6.90. The van der Waals surface area contributed by atoms with E-state index in [1.165, 1.54) is 5.56 Å². The number of fused-ring (bicyclic) bond motifs is 1. The third-order valence-corrected chi connectivity index (χ3v) is 4.58. The van der Waals surface area contributed by atoms with E-state index < -0.39 is 0 Å². The van der Waals surface area contributed by atoms with E-state index in [9.17, 15) is 0 Å². The number of aromatic nitrogens is 2. The Kier molecular flexibility index (Phi) is 6.04. The number of imidazole rings is 1. The fourth-order valence-electron chi connectivity index (χ4n) is 2.85. The van der Waals surface area contributed by atoms with Crippen molar-refractivity contribution in [1.29, 1.82) is 0 Å². The molecular formula is C21H25ClN2O2. The molecule has 0 aliphatic carbocycles. The van der Waals surface area contributed by atoms with Crippen LogP contribution in [0.1, 0.15) is 36.7 Å². The third kappa shape index (κ3) is 4.31. The molecule has 0 radical (unpaired) electrons. The third-order valence-electron chi connectivity index (χ3n) is 4.29. The molecule has 2 aromatic carbocycles. The highest BCUT2D eigenvalue weighted by Gasteiger charge is 2.09. The monoisotopic (exact) mass is 372 g/mol. The molecule has 0 saturated heterocycles. The van der Waals surface area contributed by atoms with Gasteiger partial charge >= 0.3 is 0 Å². The number of rotatable bonds is 8. The maximum absolute atomic E-state index is 6.33. The summed E-state index contributed by atoms with van der Waals surface area (Å²) in [5.41, 5.74) is 4.26. The molecule has 0 atom stereocenters. The smallest absolute Gasteiger partial charge is 0.143 e. The Bertz CT molecular complexity index is 889. The van der Waals surface area contributed by atoms with Crippen molar-refractivity contribution < 1.29 is 9.57 Å². The predicted molar refractivity (Wildman–Crippen MR) is 106 cm³/mol. The van der Waals surface area contributed by atoms with E-state index in [4.69, 9.17) is 21.2 Å². The van der Waals surface area contributed by atoms with E-state index in [-0.39, 0.29) is 0 Å². The summed E-state index contributed by atoms with van der Waals surface area (Å²) in [6, 6.07) is 12.1. The van der Waals surface area contributed by atoms with Crippen LogP contribution in [0.5, 0.6) is 5.75 Å². The molecule has 3 aromatic rings. The van der Waals surface area contributed by atoms with E-state index in [2.05, 4.69) is 31.0 Å². The van der Waals surface area contributed by atoms with E-state index in [1.54, 1.807) is 0 Å². The summed E-state index contributed by atoms with van der Waals surface area (Å²) in [4.78, 5) is 10.5. The quantitative estimate of drug-likeness (QED) is 0.512. The van der Waals surface area contributed by atoms with Crippen LogP contribution in [0.25, 0.3) is 11.0 Å². The van der Waals surface area contributed by atoms with Crippen molar-refractivity contribution in [3.8, 4) is 5.75 Å². The van der Waals surface area contributed by atoms with Gasteiger partial charge in [0.25, 0.3) is 0 Å². The lowest BCUT2D eigenvalue weighted by atomic mass is 10.1. The first-order valence-corrected chi connectivity index (χ1v) is 9.46. The number of ether oxygens (including phenoxy) is 1. The molecule has 3 rings (SSSR count). The fraction of sp³-hybridized carbons (Fsp3) is 0.381. The molecule has 0 aliphatic heterocycles. The minimum atomic E-state index is 0.548. The molecule has 0 saturated carbocycles. The van der Waals surface area contributed by atoms with E-state index in [0.717, 1.165) is 47.4 Å². The minimum absolute atomic E-state index is 0.548. The summed E-state index contributed by atoms with van der Waals surface area (Å²) in [5.74, 6) is 1.60. The van der Waals surface area contributed by atoms with Gasteiger partial charge in [-0.05, 0) is 55.7 Å². The zero-order valence-corrected chi connectivity index (χ0v) is 16.3. The molecule has 0 bridgehead atoms. The molecule has 0 aliphatic rings. The van der Waals surface area contributed by atoms with Crippen LogP contribution in [0, 0.1) is 13.8 Å². The van der Waals surface area contributed by atoms with Crippen LogP contribution in [-0.2, 0) is 6.42 Å². The minimum Gasteiger partial charge on any atom is -0.492 e. The molecule has 138 valence electrons. The van der Waals surface area contributed by atoms with E-state index in [1.807, 2.05) is 35.9 Å². The maximum Gasteiger partial charge on any atom is 0.143 e. The molecule has 0 amide bonds. The lowest BCUT2D eigenvalue weighted by Crippen LogP contribution is -2.16. The van der Waals surface area contributed by atoms with Gasteiger partial charge in [0, 0.05) is 6.42 Å². The Morgan fingerprint density at radius 1 is 1.08 bits per heavy atom. The average molecular weight is 373 g/mol. The summed E-state index contributed by atoms with van der Waals surface area (Å²) < 4.78 is 7.51. The molecule has 0 fully saturated rings. The molecule has 26 heavy (non-hydrogen) atoms. The van der Waals surface area contributed by atoms with Gasteiger partial charge in [0.05, 0.1) is 17.1 Å². The van der Waals surface area contributed by atoms with E-state index in [0.29, 0.717) is 18.2 Å². The van der Waals surface area contributed by atoms with Crippen molar-refractivity contribution in [3.63, 3.8) is 0 Å². The Balaban J connectivity index is 1.62. The molecule has 0 N–H and O–H groups in total. The van der Waals surface area contributed by atoms with Crippen molar-refractivity contribution in [2.24, 2.45) is 0 Å². The SMILES string of the molecule is CCCCOc1ccc(CCOn2c(C)nc3ccc(C)cc32)cc1Cl. The second-order valence-electron chi connectivity index (χ2n) is 6.50. The van der Waals surface area contributed by atoms with Crippen LogP contribution in [0.3, 0.4) is 0 Å². The van der Waals surface area contributed by atoms with Gasteiger partial charge in [-0.25, -0.2) is 4.98 Å². The number of benzene rings is 2. The highest BCUT2D eigenvalue weighted by Crippen LogP contribution is 2.26. The predicted octanol–water partition coefficient (Wildman–Crippen LogP) is 5.16. The highest BCUT2D eigenvalue weighted by atomic mass is 35.5. The van der Waals surface area contributed by atoms with Crippen LogP contribution in [0.2, 0.25) is 5.02 Å². The Morgan fingerprint density at radius 3 is 2.69 bits per heavy atom. The number of hydrogen-bond donors (Lipinski definition) is 0. The number of aryl methyl sites for hydroxylation is 2. The maximum atomic E-state index is 6.33. The fourth-order valence-corrected chi connectivity index (χ4v) is 3.10. The van der Waals surface area contributed by atoms with Crippen LogP contribution >= 0.6 is 11.6 Å². The molecule has 1 aromatic heterocycles. The number of hydrogen-bond acceptors (Lipinski definition) is 3. The Morgan fingerprint density at radius 2 is 1.92 bits per heavy atom. The van der Waals surface area contributed by atoms with Crippen molar-refractivity contribution in [2.75, 3.05) is 13.2 Å². The molecule has 5 heteroatoms. The van der Waals surface area contributed by atoms with Gasteiger partial charge in [-0.2, -0.15) is 4.73 Å². The summed E-state index contributed by atoms with van der Waals surface area (Å²) >= 11 is 6.33. The van der Waals surface area contributed by atoms with Crippen LogP contribution in [0.15, 0.2) is 36.4 Å². The molecule has 1 heterocycles. The first kappa shape index (κ1) is 18.6. The summed E-state index contributed by atoms with van der Waals surface area (Å²) in [7, 11) is 0. The van der Waals surface area contributed by atoms with Gasteiger partial charge in [-0.1, -0.05) is 37.1 Å². The number of halogens is 1. The Hall–Kier alpha value is -2.20. The van der Waals surface area contributed by atoms with Crippen molar-refractivity contribution in [1.82, 2.24) is 9.71 Å². The van der Waals surface area contributed by atoms with Gasteiger partial charge in [-0.15, -0.1) is 0 Å². The molecule has 0 unspecified atom stereocenters. The summed E-state index contributed by atoms with van der Waals surface area (Å²) in [6.45, 7) is 7.41. The molecule has 4 nitrogen and oxygen atoms in total. The van der Waals surface area contributed by atoms with Gasteiger partial charge in [0.2, 0.25) is 0 Å². The van der Waals surface area contributed by atoms with Crippen molar-refractivity contribution >= 4 is 22.6 Å². The first-order valence-electron chi connectivity index (χ1n) is 9.08. The Labute approximate surface area is 159 Å². The summed E-state index contributed by atoms with van der Waals surface area (Å²) in [6.07, 6.45) is 2.90. The topological polar surface area (TPSA) is 36.3 Å². The van der Waals surface area contributed by atoms with Gasteiger partial charge in [0.15, 0.2) is 0 Å². The zero-order valence-electron chi connectivity index (χ0n) is 15.6. The lowest BCUT2D eigenvalue weighted by Gasteiger charge is -2.11. The number of unbranched alkanes of at least 4 members (excludes halogenated alkanes) is 1. The number of nitrogens with zero attached hydrogens (tertiary/aromatic N) is 2. The molecular weight excluding hydrogens is 348 g/mol. The van der Waals surface area contributed by atoms with Crippen LogP contribution in [-0.4, -0.2) is 22.9 Å². The van der Waals surface area contributed by atoms with Gasteiger partial charge in [0.1, 0.15) is 23.7 Å². The second kappa shape index (κ2) is 8.45. The standard InChI is InChI=1S/C21H25ClN2O2/c1-4-5-11-25-21-9-7-17(14-18(21)22)10-12-26-24-16(3)23-19-8-6-15(2)13-20(19)24/h6-9,13-14H,4-5,10-12H2,1-3H3. The van der Waals surface area contributed by atoms with Gasteiger partial charge in [-0.3, -0.25) is 0 Å². The van der Waals surface area contributed by atoms with Crippen LogP contribution < -0.4 is 9.57 Å². The zero-order chi connectivity index (χ0) is 18.5. The first-order chi connectivity index (χ1) is 12.6.